The van der Waals surface area contributed by atoms with Crippen molar-refractivity contribution in [2.45, 2.75) is 13.3 Å². The first-order chi connectivity index (χ1) is 6.22. The number of anilines is 1. The number of likely N-dealkylation sites (N-methyl/N-ethyl adjacent to an activating group) is 1. The summed E-state index contributed by atoms with van der Waals surface area (Å²) < 4.78 is 0. The first kappa shape index (κ1) is 9.58. The van der Waals surface area contributed by atoms with Gasteiger partial charge in [0.05, 0.1) is 6.42 Å². The minimum atomic E-state index is 0.0353. The quantitative estimate of drug-likeness (QED) is 0.677. The zero-order valence-corrected chi connectivity index (χ0v) is 7.71. The van der Waals surface area contributed by atoms with Crippen molar-refractivity contribution in [3.05, 3.63) is 29.8 Å². The number of rotatable bonds is 3. The minimum absolute atomic E-state index is 0.0353. The zero-order chi connectivity index (χ0) is 9.68. The molecular formula is C10H14N2O. The molecule has 1 rings (SSSR count). The van der Waals surface area contributed by atoms with E-state index < -0.39 is 0 Å². The molecule has 0 saturated carbocycles. The highest BCUT2D eigenvalue weighted by Gasteiger charge is 2.00. The number of hydrogen-bond donors (Lipinski definition) is 2. The predicted octanol–water partition coefficient (Wildman–Crippen LogP) is 0.947. The van der Waals surface area contributed by atoms with Gasteiger partial charge in [-0.05, 0) is 24.6 Å². The number of nitrogens with one attached hydrogen (secondary N) is 1. The predicted molar refractivity (Wildman–Crippen MR) is 53.2 cm³/mol. The van der Waals surface area contributed by atoms with Crippen LogP contribution in [0.15, 0.2) is 24.3 Å². The smallest absolute Gasteiger partial charge is 0.224 e. The van der Waals surface area contributed by atoms with Crippen LogP contribution in [0.4, 0.5) is 5.69 Å². The Kier molecular flexibility index (Phi) is 3.31. The fraction of sp³-hybridized carbons (Fsp3) is 0.300. The van der Waals surface area contributed by atoms with Crippen LogP contribution in [0, 0.1) is 0 Å². The molecule has 0 aliphatic heterocycles. The van der Waals surface area contributed by atoms with E-state index in [4.69, 9.17) is 5.73 Å². The van der Waals surface area contributed by atoms with Gasteiger partial charge in [-0.15, -0.1) is 0 Å². The lowest BCUT2D eigenvalue weighted by Crippen LogP contribution is -2.24. The average molecular weight is 178 g/mol. The van der Waals surface area contributed by atoms with Gasteiger partial charge in [0.15, 0.2) is 0 Å². The third-order valence-electron chi connectivity index (χ3n) is 1.69. The zero-order valence-electron chi connectivity index (χ0n) is 7.71. The second-order valence-corrected chi connectivity index (χ2v) is 2.88. The van der Waals surface area contributed by atoms with E-state index in [9.17, 15) is 4.79 Å². The molecule has 0 bridgehead atoms. The van der Waals surface area contributed by atoms with Crippen molar-refractivity contribution >= 4 is 11.6 Å². The lowest BCUT2D eigenvalue weighted by atomic mass is 10.1. The molecule has 3 N–H and O–H groups in total. The number of benzene rings is 1. The molecule has 0 atom stereocenters. The minimum Gasteiger partial charge on any atom is -0.399 e. The Labute approximate surface area is 77.9 Å². The maximum absolute atomic E-state index is 11.2. The molecule has 0 saturated heterocycles. The molecule has 1 amide bonds. The van der Waals surface area contributed by atoms with Crippen LogP contribution in [0.25, 0.3) is 0 Å². The van der Waals surface area contributed by atoms with E-state index in [0.717, 1.165) is 5.56 Å². The number of carbonyl (C=O) groups is 1. The fourth-order valence-corrected chi connectivity index (χ4v) is 1.15. The Bertz CT molecular complexity index is 297. The highest BCUT2D eigenvalue weighted by Crippen LogP contribution is 2.06. The number of nitrogen functional groups attached to an aromatic ring is 1. The topological polar surface area (TPSA) is 55.1 Å². The maximum Gasteiger partial charge on any atom is 0.224 e. The molecular weight excluding hydrogens is 164 g/mol. The van der Waals surface area contributed by atoms with Crippen LogP contribution in [-0.2, 0) is 11.2 Å². The molecule has 3 heteroatoms. The highest BCUT2D eigenvalue weighted by molar-refractivity contribution is 5.78. The van der Waals surface area contributed by atoms with Gasteiger partial charge in [0.25, 0.3) is 0 Å². The monoisotopic (exact) mass is 178 g/mol. The number of nitrogens with two attached hydrogens (primary N) is 1. The summed E-state index contributed by atoms with van der Waals surface area (Å²) in [5.74, 6) is 0.0353. The Balaban J connectivity index is 2.58. The molecule has 0 radical (unpaired) electrons. The molecule has 0 heterocycles. The SMILES string of the molecule is CCNC(=O)Cc1cccc(N)c1. The van der Waals surface area contributed by atoms with Crippen molar-refractivity contribution in [1.82, 2.24) is 5.32 Å². The van der Waals surface area contributed by atoms with Crippen LogP contribution >= 0.6 is 0 Å². The molecule has 0 spiro atoms. The van der Waals surface area contributed by atoms with Crippen LogP contribution in [0.5, 0.6) is 0 Å². The number of hydrogen-bond acceptors (Lipinski definition) is 2. The summed E-state index contributed by atoms with van der Waals surface area (Å²) in [6, 6.07) is 7.37. The van der Waals surface area contributed by atoms with Gasteiger partial charge in [0.1, 0.15) is 0 Å². The van der Waals surface area contributed by atoms with Crippen molar-refractivity contribution in [3.8, 4) is 0 Å². The maximum atomic E-state index is 11.2. The number of carbonyl (C=O) groups excluding carboxylic acids is 1. The van der Waals surface area contributed by atoms with Crippen molar-refractivity contribution in [2.75, 3.05) is 12.3 Å². The summed E-state index contributed by atoms with van der Waals surface area (Å²) in [7, 11) is 0. The van der Waals surface area contributed by atoms with Crippen molar-refractivity contribution < 1.29 is 4.79 Å². The van der Waals surface area contributed by atoms with Crippen LogP contribution in [-0.4, -0.2) is 12.5 Å². The van der Waals surface area contributed by atoms with E-state index in [1.54, 1.807) is 6.07 Å². The molecule has 1 aromatic rings. The van der Waals surface area contributed by atoms with Gasteiger partial charge in [-0.3, -0.25) is 4.79 Å². The van der Waals surface area contributed by atoms with E-state index in [0.29, 0.717) is 18.7 Å². The molecule has 0 unspecified atom stereocenters. The van der Waals surface area contributed by atoms with E-state index in [1.807, 2.05) is 25.1 Å². The summed E-state index contributed by atoms with van der Waals surface area (Å²) in [4.78, 5) is 11.2. The average Bonchev–Trinajstić information content (AvgIpc) is 2.04. The van der Waals surface area contributed by atoms with Gasteiger partial charge in [0, 0.05) is 12.2 Å². The molecule has 0 aliphatic rings. The summed E-state index contributed by atoms with van der Waals surface area (Å²) in [6.45, 7) is 2.57. The van der Waals surface area contributed by atoms with E-state index in [2.05, 4.69) is 5.32 Å². The van der Waals surface area contributed by atoms with Gasteiger partial charge in [0.2, 0.25) is 5.91 Å². The summed E-state index contributed by atoms with van der Waals surface area (Å²) in [6.07, 6.45) is 0.402. The summed E-state index contributed by atoms with van der Waals surface area (Å²) >= 11 is 0. The van der Waals surface area contributed by atoms with Gasteiger partial charge in [-0.1, -0.05) is 12.1 Å². The third-order valence-corrected chi connectivity index (χ3v) is 1.69. The van der Waals surface area contributed by atoms with Crippen LogP contribution in [0.1, 0.15) is 12.5 Å². The lowest BCUT2D eigenvalue weighted by molar-refractivity contribution is -0.120. The standard InChI is InChI=1S/C10H14N2O/c1-2-12-10(13)7-8-4-3-5-9(11)6-8/h3-6H,2,7,11H2,1H3,(H,12,13). The molecule has 0 aliphatic carbocycles. The van der Waals surface area contributed by atoms with E-state index in [-0.39, 0.29) is 5.91 Å². The normalized spacial score (nSPS) is 9.62. The lowest BCUT2D eigenvalue weighted by Gasteiger charge is -2.02. The van der Waals surface area contributed by atoms with Crippen molar-refractivity contribution in [2.24, 2.45) is 0 Å². The molecule has 1 aromatic carbocycles. The molecule has 13 heavy (non-hydrogen) atoms. The van der Waals surface area contributed by atoms with Crippen LogP contribution < -0.4 is 11.1 Å². The van der Waals surface area contributed by atoms with Gasteiger partial charge in [-0.25, -0.2) is 0 Å². The first-order valence-electron chi connectivity index (χ1n) is 4.33. The van der Waals surface area contributed by atoms with E-state index >= 15 is 0 Å². The summed E-state index contributed by atoms with van der Waals surface area (Å²) in [5, 5.41) is 2.73. The van der Waals surface area contributed by atoms with Gasteiger partial charge in [-0.2, -0.15) is 0 Å². The van der Waals surface area contributed by atoms with Crippen LogP contribution in [0.2, 0.25) is 0 Å². The second-order valence-electron chi connectivity index (χ2n) is 2.88. The number of amides is 1. The second kappa shape index (κ2) is 4.50. The van der Waals surface area contributed by atoms with Crippen molar-refractivity contribution in [3.63, 3.8) is 0 Å². The Morgan fingerprint density at radius 3 is 2.92 bits per heavy atom. The van der Waals surface area contributed by atoms with Crippen molar-refractivity contribution in [1.29, 1.82) is 0 Å². The largest absolute Gasteiger partial charge is 0.399 e. The van der Waals surface area contributed by atoms with Crippen LogP contribution in [0.3, 0.4) is 0 Å². The molecule has 0 aromatic heterocycles. The Hall–Kier alpha value is -1.51. The molecule has 3 nitrogen and oxygen atoms in total. The fourth-order valence-electron chi connectivity index (χ4n) is 1.15. The Morgan fingerprint density at radius 2 is 2.31 bits per heavy atom. The first-order valence-corrected chi connectivity index (χ1v) is 4.33. The molecule has 0 fully saturated rings. The van der Waals surface area contributed by atoms with Gasteiger partial charge >= 0.3 is 0 Å². The van der Waals surface area contributed by atoms with Gasteiger partial charge < -0.3 is 11.1 Å². The third kappa shape index (κ3) is 3.15. The Morgan fingerprint density at radius 1 is 1.54 bits per heavy atom. The summed E-state index contributed by atoms with van der Waals surface area (Å²) in [5.41, 5.74) is 7.22. The molecule has 70 valence electrons. The van der Waals surface area contributed by atoms with E-state index in [1.165, 1.54) is 0 Å². The highest BCUT2D eigenvalue weighted by atomic mass is 16.1.